The van der Waals surface area contributed by atoms with E-state index < -0.39 is 0 Å². The molecule has 1 aromatic heterocycles. The number of nitrogens with zero attached hydrogens (tertiary/aromatic N) is 2. The van der Waals surface area contributed by atoms with Gasteiger partial charge in [0, 0.05) is 32.1 Å². The summed E-state index contributed by atoms with van der Waals surface area (Å²) in [7, 11) is 0. The van der Waals surface area contributed by atoms with Crippen LogP contribution >= 0.6 is 0 Å². The summed E-state index contributed by atoms with van der Waals surface area (Å²) in [6.45, 7) is 2.01. The molecule has 0 aliphatic heterocycles. The van der Waals surface area contributed by atoms with E-state index in [4.69, 9.17) is 4.52 Å². The maximum Gasteiger partial charge on any atom is 0.168 e. The van der Waals surface area contributed by atoms with Gasteiger partial charge in [0.15, 0.2) is 11.6 Å². The van der Waals surface area contributed by atoms with Gasteiger partial charge in [0.2, 0.25) is 0 Å². The summed E-state index contributed by atoms with van der Waals surface area (Å²) >= 11 is 0. The van der Waals surface area contributed by atoms with Crippen LogP contribution in [0.15, 0.2) is 45.1 Å². The van der Waals surface area contributed by atoms with Crippen molar-refractivity contribution >= 4 is 23.0 Å². The molecule has 0 atom stereocenters. The van der Waals surface area contributed by atoms with Crippen molar-refractivity contribution < 1.29 is 19.2 Å². The zero-order chi connectivity index (χ0) is 20.4. The van der Waals surface area contributed by atoms with Crippen molar-refractivity contribution in [2.75, 3.05) is 0 Å². The second-order valence-electron chi connectivity index (χ2n) is 7.70. The molecule has 1 heterocycles. The fourth-order valence-electron chi connectivity index (χ4n) is 3.96. The summed E-state index contributed by atoms with van der Waals surface area (Å²) in [5.41, 5.74) is 3.98. The number of aromatic nitrogens is 1. The largest absolute Gasteiger partial charge is 0.511 e. The normalized spacial score (nSPS) is 20.1. The summed E-state index contributed by atoms with van der Waals surface area (Å²) in [6.07, 6.45) is 4.36. The van der Waals surface area contributed by atoms with Gasteiger partial charge in [-0.3, -0.25) is 14.6 Å². The molecule has 0 amide bonds. The maximum atomic E-state index is 12.5. The molecule has 29 heavy (non-hydrogen) atoms. The molecule has 6 heteroatoms. The van der Waals surface area contributed by atoms with Crippen molar-refractivity contribution in [3.63, 3.8) is 0 Å². The van der Waals surface area contributed by atoms with Gasteiger partial charge in [-0.05, 0) is 38.3 Å². The van der Waals surface area contributed by atoms with E-state index in [0.717, 1.165) is 24.1 Å². The second kappa shape index (κ2) is 8.15. The van der Waals surface area contributed by atoms with Crippen molar-refractivity contribution in [1.82, 2.24) is 5.16 Å². The van der Waals surface area contributed by atoms with Crippen LogP contribution in [-0.4, -0.2) is 27.5 Å². The fourth-order valence-corrected chi connectivity index (χ4v) is 3.96. The Balaban J connectivity index is 1.59. The van der Waals surface area contributed by atoms with Gasteiger partial charge in [0.25, 0.3) is 0 Å². The third-order valence-corrected chi connectivity index (χ3v) is 5.49. The third-order valence-electron chi connectivity index (χ3n) is 5.49. The SMILES string of the molecule is Cc1ccc(N=C2CCCC(=O)/C2=C(\O)CCc2noc3c2C(=O)CCC3)cc1. The van der Waals surface area contributed by atoms with Crippen molar-refractivity contribution in [2.45, 2.75) is 58.3 Å². The molecule has 4 rings (SSSR count). The van der Waals surface area contributed by atoms with Gasteiger partial charge in [-0.15, -0.1) is 0 Å². The smallest absolute Gasteiger partial charge is 0.168 e. The lowest BCUT2D eigenvalue weighted by molar-refractivity contribution is -0.115. The Kier molecular flexibility index (Phi) is 5.43. The number of benzene rings is 1. The van der Waals surface area contributed by atoms with Crippen LogP contribution in [0.5, 0.6) is 0 Å². The lowest BCUT2D eigenvalue weighted by Crippen LogP contribution is -2.21. The number of carbonyl (C=O) groups is 2. The molecule has 0 spiro atoms. The Morgan fingerprint density at radius 1 is 1.07 bits per heavy atom. The Morgan fingerprint density at radius 2 is 1.79 bits per heavy atom. The summed E-state index contributed by atoms with van der Waals surface area (Å²) in [5, 5.41) is 14.8. The number of aliphatic hydroxyl groups is 1. The summed E-state index contributed by atoms with van der Waals surface area (Å²) in [4.78, 5) is 29.4. The highest BCUT2D eigenvalue weighted by molar-refractivity contribution is 6.24. The second-order valence-corrected chi connectivity index (χ2v) is 7.70. The summed E-state index contributed by atoms with van der Waals surface area (Å²) in [5.74, 6) is 0.613. The number of carbonyl (C=O) groups excluding carboxylic acids is 2. The molecule has 2 aromatic rings. The van der Waals surface area contributed by atoms with Crippen molar-refractivity contribution in [3.05, 3.63) is 58.2 Å². The molecule has 1 saturated carbocycles. The van der Waals surface area contributed by atoms with Crippen LogP contribution in [0.2, 0.25) is 0 Å². The molecule has 2 aliphatic rings. The highest BCUT2D eigenvalue weighted by atomic mass is 16.5. The minimum absolute atomic E-state index is 0.0144. The lowest BCUT2D eigenvalue weighted by atomic mass is 9.88. The molecule has 1 aromatic carbocycles. The van der Waals surface area contributed by atoms with Crippen LogP contribution < -0.4 is 0 Å². The maximum absolute atomic E-state index is 12.5. The number of rotatable bonds is 4. The van der Waals surface area contributed by atoms with Crippen LogP contribution in [-0.2, 0) is 17.6 Å². The molecule has 1 N–H and O–H groups in total. The number of aryl methyl sites for hydroxylation is 3. The molecule has 150 valence electrons. The van der Waals surface area contributed by atoms with Gasteiger partial charge >= 0.3 is 0 Å². The minimum Gasteiger partial charge on any atom is -0.511 e. The first-order valence-electron chi connectivity index (χ1n) is 10.1. The third kappa shape index (κ3) is 4.06. The molecule has 2 aliphatic carbocycles. The van der Waals surface area contributed by atoms with Gasteiger partial charge in [0.1, 0.15) is 11.5 Å². The molecule has 0 radical (unpaired) electrons. The number of ketones is 2. The van der Waals surface area contributed by atoms with Crippen molar-refractivity contribution in [2.24, 2.45) is 4.99 Å². The van der Waals surface area contributed by atoms with Crippen LogP contribution in [0.3, 0.4) is 0 Å². The number of Topliss-reactive ketones (excluding diaryl/α,β-unsaturated/α-hetero) is 2. The highest BCUT2D eigenvalue weighted by Gasteiger charge is 2.28. The van der Waals surface area contributed by atoms with E-state index in [9.17, 15) is 14.7 Å². The minimum atomic E-state index is -0.0853. The zero-order valence-electron chi connectivity index (χ0n) is 16.5. The fraction of sp³-hybridized carbons (Fsp3) is 0.391. The van der Waals surface area contributed by atoms with E-state index in [-0.39, 0.29) is 23.7 Å². The summed E-state index contributed by atoms with van der Waals surface area (Å²) < 4.78 is 5.31. The van der Waals surface area contributed by atoms with Gasteiger partial charge in [-0.1, -0.05) is 22.9 Å². The standard InChI is InChI=1S/C23H24N2O4/c1-14-8-10-15(11-9-14)24-16-4-2-5-18(26)22(16)20(28)13-12-17-23-19(27)6-3-7-21(23)29-25-17/h8-11,28H,2-7,12-13H2,1H3/b22-20-,24-16?. The molecule has 6 nitrogen and oxygen atoms in total. The van der Waals surface area contributed by atoms with Crippen molar-refractivity contribution in [1.29, 1.82) is 0 Å². The molecule has 1 fully saturated rings. The van der Waals surface area contributed by atoms with E-state index in [0.29, 0.717) is 60.4 Å². The predicted molar refractivity (Wildman–Crippen MR) is 109 cm³/mol. The van der Waals surface area contributed by atoms with Gasteiger partial charge in [-0.25, -0.2) is 0 Å². The van der Waals surface area contributed by atoms with E-state index in [2.05, 4.69) is 10.1 Å². The predicted octanol–water partition coefficient (Wildman–Crippen LogP) is 4.77. The Labute approximate surface area is 169 Å². The highest BCUT2D eigenvalue weighted by Crippen LogP contribution is 2.28. The Bertz CT molecular complexity index is 1010. The van der Waals surface area contributed by atoms with E-state index in [1.165, 1.54) is 0 Å². The van der Waals surface area contributed by atoms with Crippen LogP contribution in [0.1, 0.15) is 65.9 Å². The first-order valence-corrected chi connectivity index (χ1v) is 10.1. The number of allylic oxidation sites excluding steroid dienone is 2. The van der Waals surface area contributed by atoms with Crippen LogP contribution in [0.4, 0.5) is 5.69 Å². The number of hydrogen-bond donors (Lipinski definition) is 1. The van der Waals surface area contributed by atoms with Crippen LogP contribution in [0.25, 0.3) is 0 Å². The quantitative estimate of drug-likeness (QED) is 0.597. The molecule has 0 saturated heterocycles. The van der Waals surface area contributed by atoms with Gasteiger partial charge < -0.3 is 9.63 Å². The molecular weight excluding hydrogens is 368 g/mol. The number of fused-ring (bicyclic) bond motifs is 1. The van der Waals surface area contributed by atoms with Gasteiger partial charge in [-0.2, -0.15) is 0 Å². The van der Waals surface area contributed by atoms with E-state index in [1.54, 1.807) is 0 Å². The van der Waals surface area contributed by atoms with Gasteiger partial charge in [0.05, 0.1) is 28.2 Å². The molecular formula is C23H24N2O4. The number of aliphatic imine (C=N–C) groups is 1. The average Bonchev–Trinajstić information content (AvgIpc) is 3.12. The monoisotopic (exact) mass is 392 g/mol. The molecule has 0 bridgehead atoms. The van der Waals surface area contributed by atoms with E-state index >= 15 is 0 Å². The van der Waals surface area contributed by atoms with E-state index in [1.807, 2.05) is 31.2 Å². The first kappa shape index (κ1) is 19.3. The topological polar surface area (TPSA) is 92.8 Å². The van der Waals surface area contributed by atoms with Crippen molar-refractivity contribution in [3.8, 4) is 0 Å². The zero-order valence-corrected chi connectivity index (χ0v) is 16.5. The van der Waals surface area contributed by atoms with Crippen LogP contribution in [0, 0.1) is 6.92 Å². The number of aliphatic hydroxyl groups excluding tert-OH is 1. The number of hydrogen-bond acceptors (Lipinski definition) is 6. The average molecular weight is 392 g/mol. The molecule has 0 unspecified atom stereocenters. The lowest BCUT2D eigenvalue weighted by Gasteiger charge is -2.18. The first-order chi connectivity index (χ1) is 14.0. The summed E-state index contributed by atoms with van der Waals surface area (Å²) in [6, 6.07) is 7.75. The Morgan fingerprint density at radius 3 is 2.59 bits per heavy atom. The Hall–Kier alpha value is -3.02.